The van der Waals surface area contributed by atoms with Crippen LogP contribution in [0.1, 0.15) is 37.7 Å². The van der Waals surface area contributed by atoms with Gasteiger partial charge in [0.1, 0.15) is 5.78 Å². The molecule has 0 bridgehead atoms. The number of carbonyl (C=O) groups excluding carboxylic acids is 2. The fourth-order valence-corrected chi connectivity index (χ4v) is 2.55. The van der Waals surface area contributed by atoms with Gasteiger partial charge in [-0.05, 0) is 24.3 Å². The van der Waals surface area contributed by atoms with Crippen LogP contribution in [0.15, 0.2) is 30.3 Å². The molecule has 3 heteroatoms. The number of ketones is 1. The molecule has 19 heavy (non-hydrogen) atoms. The highest BCUT2D eigenvalue weighted by Crippen LogP contribution is 2.25. The quantitative estimate of drug-likeness (QED) is 0.833. The molecule has 3 nitrogen and oxygen atoms in total. The van der Waals surface area contributed by atoms with E-state index in [0.717, 1.165) is 18.4 Å². The number of nitrogens with zero attached hydrogens (tertiary/aromatic N) is 1. The average molecular weight is 259 g/mol. The van der Waals surface area contributed by atoms with Gasteiger partial charge in [-0.3, -0.25) is 9.59 Å². The molecule has 0 spiro atoms. The van der Waals surface area contributed by atoms with Crippen molar-refractivity contribution >= 4 is 11.7 Å². The molecule has 0 radical (unpaired) electrons. The Hall–Kier alpha value is -1.64. The Morgan fingerprint density at radius 1 is 1.21 bits per heavy atom. The SMILES string of the molecule is CN(Cc1ccccc1)C(=O)CC1CCC(=O)CC1. The molecule has 2 rings (SSSR count). The highest BCUT2D eigenvalue weighted by Gasteiger charge is 2.22. The number of benzene rings is 1. The lowest BCUT2D eigenvalue weighted by Gasteiger charge is -2.24. The van der Waals surface area contributed by atoms with E-state index in [2.05, 4.69) is 0 Å². The molecule has 1 aromatic rings. The minimum Gasteiger partial charge on any atom is -0.341 e. The Bertz CT molecular complexity index is 431. The fraction of sp³-hybridized carbons (Fsp3) is 0.500. The Morgan fingerprint density at radius 3 is 2.47 bits per heavy atom. The van der Waals surface area contributed by atoms with Gasteiger partial charge < -0.3 is 4.90 Å². The van der Waals surface area contributed by atoms with E-state index >= 15 is 0 Å². The van der Waals surface area contributed by atoms with Crippen molar-refractivity contribution < 1.29 is 9.59 Å². The van der Waals surface area contributed by atoms with Gasteiger partial charge in [0.05, 0.1) is 0 Å². The smallest absolute Gasteiger partial charge is 0.222 e. The van der Waals surface area contributed by atoms with Gasteiger partial charge >= 0.3 is 0 Å². The van der Waals surface area contributed by atoms with E-state index in [0.29, 0.717) is 37.5 Å². The molecule has 0 aromatic heterocycles. The summed E-state index contributed by atoms with van der Waals surface area (Å²) < 4.78 is 0. The van der Waals surface area contributed by atoms with Crippen LogP contribution < -0.4 is 0 Å². The van der Waals surface area contributed by atoms with Crippen LogP contribution in [0, 0.1) is 5.92 Å². The third kappa shape index (κ3) is 4.19. The van der Waals surface area contributed by atoms with Crippen LogP contribution in [0.25, 0.3) is 0 Å². The Kier molecular flexibility index (Phi) is 4.72. The van der Waals surface area contributed by atoms with Crippen LogP contribution in [0.3, 0.4) is 0 Å². The molecule has 0 N–H and O–H groups in total. The highest BCUT2D eigenvalue weighted by molar-refractivity contribution is 5.80. The first-order valence-corrected chi connectivity index (χ1v) is 6.94. The van der Waals surface area contributed by atoms with E-state index in [4.69, 9.17) is 0 Å². The van der Waals surface area contributed by atoms with Crippen molar-refractivity contribution in [2.45, 2.75) is 38.6 Å². The predicted octanol–water partition coefficient (Wildman–Crippen LogP) is 2.79. The minimum atomic E-state index is 0.184. The first-order valence-electron chi connectivity index (χ1n) is 6.94. The normalized spacial score (nSPS) is 16.4. The zero-order valence-electron chi connectivity index (χ0n) is 11.5. The van der Waals surface area contributed by atoms with Gasteiger partial charge in [0.15, 0.2) is 0 Å². The van der Waals surface area contributed by atoms with Gasteiger partial charge in [-0.1, -0.05) is 30.3 Å². The van der Waals surface area contributed by atoms with E-state index in [1.54, 1.807) is 4.90 Å². The number of amides is 1. The molecule has 1 aromatic carbocycles. The topological polar surface area (TPSA) is 37.4 Å². The molecule has 0 unspecified atom stereocenters. The summed E-state index contributed by atoms with van der Waals surface area (Å²) in [5.74, 6) is 0.924. The van der Waals surface area contributed by atoms with Crippen LogP contribution in [-0.2, 0) is 16.1 Å². The van der Waals surface area contributed by atoms with Gasteiger partial charge in [0.25, 0.3) is 0 Å². The molecule has 102 valence electrons. The van der Waals surface area contributed by atoms with E-state index in [9.17, 15) is 9.59 Å². The molecule has 1 aliphatic rings. The number of hydrogen-bond donors (Lipinski definition) is 0. The van der Waals surface area contributed by atoms with Crippen molar-refractivity contribution in [2.24, 2.45) is 5.92 Å². The molecular formula is C16H21NO2. The summed E-state index contributed by atoms with van der Waals surface area (Å²) in [5.41, 5.74) is 1.15. The summed E-state index contributed by atoms with van der Waals surface area (Å²) in [6.45, 7) is 0.658. The number of rotatable bonds is 4. The molecule has 0 heterocycles. The number of Topliss-reactive ketones (excluding diaryl/α,β-unsaturated/α-hetero) is 1. The maximum absolute atomic E-state index is 12.1. The Balaban J connectivity index is 1.81. The van der Waals surface area contributed by atoms with Crippen molar-refractivity contribution in [1.29, 1.82) is 0 Å². The van der Waals surface area contributed by atoms with Crippen molar-refractivity contribution in [2.75, 3.05) is 7.05 Å². The number of hydrogen-bond acceptors (Lipinski definition) is 2. The highest BCUT2D eigenvalue weighted by atomic mass is 16.2. The predicted molar refractivity (Wildman–Crippen MR) is 74.5 cm³/mol. The Labute approximate surface area is 114 Å². The van der Waals surface area contributed by atoms with Gasteiger partial charge in [-0.25, -0.2) is 0 Å². The van der Waals surface area contributed by atoms with E-state index in [-0.39, 0.29) is 5.91 Å². The molecule has 1 saturated carbocycles. The Morgan fingerprint density at radius 2 is 1.84 bits per heavy atom. The van der Waals surface area contributed by atoms with E-state index in [1.165, 1.54) is 0 Å². The van der Waals surface area contributed by atoms with Gasteiger partial charge in [-0.15, -0.1) is 0 Å². The maximum atomic E-state index is 12.1. The molecular weight excluding hydrogens is 238 g/mol. The zero-order chi connectivity index (χ0) is 13.7. The average Bonchev–Trinajstić information content (AvgIpc) is 2.42. The summed E-state index contributed by atoms with van der Waals surface area (Å²) in [4.78, 5) is 25.1. The van der Waals surface area contributed by atoms with Crippen LogP contribution in [0.5, 0.6) is 0 Å². The van der Waals surface area contributed by atoms with Gasteiger partial charge in [0, 0.05) is 32.9 Å². The fourth-order valence-electron chi connectivity index (χ4n) is 2.55. The minimum absolute atomic E-state index is 0.184. The molecule has 0 atom stereocenters. The van der Waals surface area contributed by atoms with Crippen LogP contribution in [-0.4, -0.2) is 23.6 Å². The first-order chi connectivity index (χ1) is 9.15. The van der Waals surface area contributed by atoms with Crippen LogP contribution >= 0.6 is 0 Å². The molecule has 1 aliphatic carbocycles. The van der Waals surface area contributed by atoms with Crippen molar-refractivity contribution in [3.63, 3.8) is 0 Å². The lowest BCUT2D eigenvalue weighted by molar-refractivity contribution is -0.132. The summed E-state index contributed by atoms with van der Waals surface area (Å²) in [6.07, 6.45) is 3.64. The number of carbonyl (C=O) groups is 2. The standard InChI is InChI=1S/C16H21NO2/c1-17(12-14-5-3-2-4-6-14)16(19)11-13-7-9-15(18)10-8-13/h2-6,13H,7-12H2,1H3. The molecule has 1 fully saturated rings. The summed E-state index contributed by atoms with van der Waals surface area (Å²) in [5, 5.41) is 0. The second kappa shape index (κ2) is 6.50. The van der Waals surface area contributed by atoms with Gasteiger partial charge in [-0.2, -0.15) is 0 Å². The van der Waals surface area contributed by atoms with Crippen LogP contribution in [0.2, 0.25) is 0 Å². The monoisotopic (exact) mass is 259 g/mol. The van der Waals surface area contributed by atoms with E-state index < -0.39 is 0 Å². The summed E-state index contributed by atoms with van der Waals surface area (Å²) >= 11 is 0. The molecule has 0 saturated heterocycles. The molecule has 0 aliphatic heterocycles. The van der Waals surface area contributed by atoms with E-state index in [1.807, 2.05) is 37.4 Å². The second-order valence-electron chi connectivity index (χ2n) is 5.42. The lowest BCUT2D eigenvalue weighted by atomic mass is 9.86. The third-order valence-corrected chi connectivity index (χ3v) is 3.81. The summed E-state index contributed by atoms with van der Waals surface area (Å²) in [6, 6.07) is 10.0. The lowest BCUT2D eigenvalue weighted by Crippen LogP contribution is -2.29. The largest absolute Gasteiger partial charge is 0.341 e. The van der Waals surface area contributed by atoms with Crippen molar-refractivity contribution in [1.82, 2.24) is 4.90 Å². The first kappa shape index (κ1) is 13.8. The van der Waals surface area contributed by atoms with Gasteiger partial charge in [0.2, 0.25) is 5.91 Å². The zero-order valence-corrected chi connectivity index (χ0v) is 11.5. The third-order valence-electron chi connectivity index (χ3n) is 3.81. The summed E-state index contributed by atoms with van der Waals surface area (Å²) in [7, 11) is 1.85. The maximum Gasteiger partial charge on any atom is 0.222 e. The molecule has 1 amide bonds. The second-order valence-corrected chi connectivity index (χ2v) is 5.42. The van der Waals surface area contributed by atoms with Crippen molar-refractivity contribution in [3.05, 3.63) is 35.9 Å². The van der Waals surface area contributed by atoms with Crippen molar-refractivity contribution in [3.8, 4) is 0 Å². The van der Waals surface area contributed by atoms with Crippen LogP contribution in [0.4, 0.5) is 0 Å².